The molecule has 0 amide bonds. The Morgan fingerprint density at radius 3 is 2.68 bits per heavy atom. The second kappa shape index (κ2) is 8.81. The molecule has 0 radical (unpaired) electrons. The summed E-state index contributed by atoms with van der Waals surface area (Å²) in [5.41, 5.74) is 5.40. The van der Waals surface area contributed by atoms with E-state index in [4.69, 9.17) is 10.5 Å². The molecule has 15 heteroatoms. The van der Waals surface area contributed by atoms with E-state index < -0.39 is 38.4 Å². The average Bonchev–Trinajstić information content (AvgIpc) is 2.99. The summed E-state index contributed by atoms with van der Waals surface area (Å²) in [5, 5.41) is 0. The van der Waals surface area contributed by atoms with Crippen LogP contribution >= 0.6 is 7.60 Å². The first kappa shape index (κ1) is 23.1. The predicted octanol–water partition coefficient (Wildman–Crippen LogP) is -6.85. The van der Waals surface area contributed by atoms with Gasteiger partial charge in [-0.2, -0.15) is 14.4 Å². The van der Waals surface area contributed by atoms with Crippen molar-refractivity contribution in [1.29, 1.82) is 0 Å². The van der Waals surface area contributed by atoms with Crippen molar-refractivity contribution in [2.45, 2.75) is 12.5 Å². The first-order chi connectivity index (χ1) is 10.7. The smallest absolute Gasteiger partial charge is 0.809 e. The molecule has 0 fully saturated rings. The van der Waals surface area contributed by atoms with Crippen molar-refractivity contribution in [2.24, 2.45) is 0 Å². The van der Waals surface area contributed by atoms with Gasteiger partial charge in [-0.1, -0.05) is 0 Å². The summed E-state index contributed by atoms with van der Waals surface area (Å²) in [6, 6.07) is 0. The molecule has 0 bridgehead atoms. The fourth-order valence-electron chi connectivity index (χ4n) is 1.98. The molecular weight excluding hydrogens is 385 g/mol. The van der Waals surface area contributed by atoms with Crippen molar-refractivity contribution in [3.8, 4) is 0 Å². The second-order valence-electron chi connectivity index (χ2n) is 4.52. The molecule has 2 aromatic heterocycles. The predicted molar refractivity (Wildman–Crippen MR) is 66.4 cm³/mol. The molecule has 0 saturated carbocycles. The van der Waals surface area contributed by atoms with Crippen LogP contribution in [0.5, 0.6) is 0 Å². The Morgan fingerprint density at radius 2 is 2.04 bits per heavy atom. The number of hydrogen-bond acceptors (Lipinski definition) is 9. The SMILES string of the molecule is Nc1nc(F)nc2c1ncn2[C@@H]1O[C@H](OCP(=O)([O-])[O-])C=C1F.[Na+].[Na+]. The van der Waals surface area contributed by atoms with Gasteiger partial charge in [-0.05, 0) is 7.60 Å². The summed E-state index contributed by atoms with van der Waals surface area (Å²) in [5.74, 6) is -1.10. The number of ether oxygens (including phenoxy) is 2. The van der Waals surface area contributed by atoms with Gasteiger partial charge in [-0.15, -0.1) is 0 Å². The van der Waals surface area contributed by atoms with Gasteiger partial charge in [0, 0.05) is 6.08 Å². The Hall–Kier alpha value is 0.0200. The number of nitrogens with two attached hydrogens (primary N) is 1. The van der Waals surface area contributed by atoms with Gasteiger partial charge in [0.25, 0.3) is 0 Å². The third-order valence-electron chi connectivity index (χ3n) is 2.86. The van der Waals surface area contributed by atoms with E-state index in [-0.39, 0.29) is 76.1 Å². The molecule has 3 rings (SSSR count). The van der Waals surface area contributed by atoms with E-state index in [1.807, 2.05) is 0 Å². The van der Waals surface area contributed by atoms with Crippen LogP contribution in [-0.2, 0) is 14.0 Å². The van der Waals surface area contributed by atoms with Gasteiger partial charge in [-0.25, -0.2) is 9.37 Å². The van der Waals surface area contributed by atoms with Crippen LogP contribution in [0.15, 0.2) is 18.2 Å². The molecule has 2 aromatic rings. The molecule has 0 aromatic carbocycles. The Labute approximate surface area is 183 Å². The van der Waals surface area contributed by atoms with Crippen molar-refractivity contribution < 1.29 is 91.7 Å². The second-order valence-corrected chi connectivity index (χ2v) is 6.00. The van der Waals surface area contributed by atoms with Crippen LogP contribution in [0.3, 0.4) is 0 Å². The standard InChI is InChI=1S/C10H10F2N5O5P.2Na/c11-4-1-5(21-3-23(18,19)20)22-9(4)17-2-14-6-7(13)15-10(12)16-8(6)17;;/h1-2,5,9H,3H2,(H2,13,15,16)(H2,18,19,20);;/q;2*+1/p-2/t5-,9+;;/m0../s1. The minimum absolute atomic E-state index is 0. The molecule has 2 atom stereocenters. The van der Waals surface area contributed by atoms with Gasteiger partial charge in [-0.3, -0.25) is 4.57 Å². The monoisotopic (exact) mass is 393 g/mol. The van der Waals surface area contributed by atoms with E-state index >= 15 is 0 Å². The third-order valence-corrected chi connectivity index (χ3v) is 3.33. The zero-order chi connectivity index (χ0) is 16.8. The molecule has 2 N–H and O–H groups in total. The number of hydrogen-bond donors (Lipinski definition) is 1. The van der Waals surface area contributed by atoms with E-state index in [0.29, 0.717) is 0 Å². The number of nitrogen functional groups attached to an aromatic ring is 1. The van der Waals surface area contributed by atoms with Crippen molar-refractivity contribution in [3.63, 3.8) is 0 Å². The van der Waals surface area contributed by atoms with Crippen LogP contribution in [0.25, 0.3) is 11.2 Å². The van der Waals surface area contributed by atoms with E-state index in [1.165, 1.54) is 0 Å². The first-order valence-corrected chi connectivity index (χ1v) is 7.78. The summed E-state index contributed by atoms with van der Waals surface area (Å²) in [6.45, 7) is 0. The van der Waals surface area contributed by atoms with Crippen LogP contribution in [0.1, 0.15) is 6.23 Å². The molecule has 1 aliphatic rings. The molecule has 3 heterocycles. The van der Waals surface area contributed by atoms with Gasteiger partial charge >= 0.3 is 65.2 Å². The molecule has 1 aliphatic heterocycles. The van der Waals surface area contributed by atoms with Gasteiger partial charge in [0.2, 0.25) is 0 Å². The fourth-order valence-corrected chi connectivity index (χ4v) is 2.31. The molecule has 0 spiro atoms. The first-order valence-electron chi connectivity index (χ1n) is 6.05. The number of anilines is 1. The van der Waals surface area contributed by atoms with Crippen LogP contribution in [-0.4, -0.2) is 32.2 Å². The van der Waals surface area contributed by atoms with Crippen molar-refractivity contribution in [2.75, 3.05) is 12.1 Å². The van der Waals surface area contributed by atoms with Gasteiger partial charge in [0.05, 0.1) is 12.7 Å². The van der Waals surface area contributed by atoms with Crippen LogP contribution in [0.2, 0.25) is 0 Å². The topological polar surface area (TPSA) is 151 Å². The van der Waals surface area contributed by atoms with Crippen molar-refractivity contribution in [1.82, 2.24) is 19.5 Å². The zero-order valence-electron chi connectivity index (χ0n) is 13.1. The molecular formula is C10H8F2N5Na2O5P. The minimum Gasteiger partial charge on any atom is -0.809 e. The van der Waals surface area contributed by atoms with Crippen LogP contribution < -0.4 is 74.6 Å². The molecule has 0 unspecified atom stereocenters. The summed E-state index contributed by atoms with van der Waals surface area (Å²) in [4.78, 5) is 31.6. The van der Waals surface area contributed by atoms with E-state index in [1.54, 1.807) is 0 Å². The van der Waals surface area contributed by atoms with E-state index in [2.05, 4.69) is 19.7 Å². The third kappa shape index (κ3) is 5.27. The molecule has 25 heavy (non-hydrogen) atoms. The minimum atomic E-state index is -4.93. The summed E-state index contributed by atoms with van der Waals surface area (Å²) < 4.78 is 48.5. The number of rotatable bonds is 4. The molecule has 124 valence electrons. The summed E-state index contributed by atoms with van der Waals surface area (Å²) in [6.07, 6.45) is -3.20. The number of imidazole rings is 1. The number of halogens is 2. The molecule has 0 saturated heterocycles. The Bertz CT molecular complexity index is 846. The number of fused-ring (bicyclic) bond motifs is 1. The average molecular weight is 393 g/mol. The molecule has 10 nitrogen and oxygen atoms in total. The Morgan fingerprint density at radius 1 is 1.36 bits per heavy atom. The Kier molecular flexibility index (Phi) is 8.12. The summed E-state index contributed by atoms with van der Waals surface area (Å²) >= 11 is 0. The number of aromatic nitrogens is 4. The maximum absolute atomic E-state index is 14.0. The Balaban J connectivity index is 0.00000156. The zero-order valence-corrected chi connectivity index (χ0v) is 18.0. The van der Waals surface area contributed by atoms with E-state index in [9.17, 15) is 23.1 Å². The quantitative estimate of drug-likeness (QED) is 0.304. The maximum Gasteiger partial charge on any atom is 1.00 e. The van der Waals surface area contributed by atoms with Crippen molar-refractivity contribution >= 4 is 24.6 Å². The normalized spacial score (nSPS) is 20.1. The summed E-state index contributed by atoms with van der Waals surface area (Å²) in [7, 11) is -4.93. The van der Waals surface area contributed by atoms with Gasteiger partial charge < -0.3 is 29.6 Å². The van der Waals surface area contributed by atoms with Gasteiger partial charge in [0.15, 0.2) is 35.3 Å². The number of nitrogens with zero attached hydrogens (tertiary/aromatic N) is 4. The van der Waals surface area contributed by atoms with Gasteiger partial charge in [0.1, 0.15) is 0 Å². The van der Waals surface area contributed by atoms with Crippen LogP contribution in [0.4, 0.5) is 14.6 Å². The van der Waals surface area contributed by atoms with Crippen LogP contribution in [0, 0.1) is 6.08 Å². The fraction of sp³-hybridized carbons (Fsp3) is 0.300. The largest absolute Gasteiger partial charge is 1.00 e. The van der Waals surface area contributed by atoms with Crippen molar-refractivity contribution in [3.05, 3.63) is 24.3 Å². The molecule has 0 aliphatic carbocycles. The van der Waals surface area contributed by atoms with E-state index in [0.717, 1.165) is 17.0 Å². The maximum atomic E-state index is 14.0.